The highest BCUT2D eigenvalue weighted by Gasteiger charge is 2.15. The summed E-state index contributed by atoms with van der Waals surface area (Å²) in [4.78, 5) is 15.8. The fourth-order valence-corrected chi connectivity index (χ4v) is 1.66. The summed E-state index contributed by atoms with van der Waals surface area (Å²) in [5.74, 6) is -0.462. The zero-order valence-electron chi connectivity index (χ0n) is 9.69. The Hall–Kier alpha value is -2.96. The van der Waals surface area contributed by atoms with Gasteiger partial charge in [0, 0.05) is 12.4 Å². The van der Waals surface area contributed by atoms with Crippen LogP contribution in [0.1, 0.15) is 10.5 Å². The Morgan fingerprint density at radius 3 is 2.95 bits per heavy atom. The van der Waals surface area contributed by atoms with E-state index in [2.05, 4.69) is 20.5 Å². The van der Waals surface area contributed by atoms with Gasteiger partial charge >= 0.3 is 0 Å². The molecule has 0 aliphatic rings. The quantitative estimate of drug-likeness (QED) is 0.714. The van der Waals surface area contributed by atoms with Crippen LogP contribution in [0, 0.1) is 0 Å². The van der Waals surface area contributed by atoms with Crippen LogP contribution in [0.4, 0.5) is 5.95 Å². The molecule has 3 aromatic heterocycles. The predicted octanol–water partition coefficient (Wildman–Crippen LogP) is 1.08. The topological polar surface area (TPSA) is 92.4 Å². The largest absolute Gasteiger partial charge is 0.505 e. The summed E-state index contributed by atoms with van der Waals surface area (Å²) in [7, 11) is 0. The summed E-state index contributed by atoms with van der Waals surface area (Å²) in [6.07, 6.45) is 3.15. The number of nitrogens with zero attached hydrogens (tertiary/aromatic N) is 4. The van der Waals surface area contributed by atoms with Crippen molar-refractivity contribution in [3.8, 4) is 5.75 Å². The van der Waals surface area contributed by atoms with Gasteiger partial charge in [0.05, 0.1) is 0 Å². The lowest BCUT2D eigenvalue weighted by Crippen LogP contribution is -2.15. The van der Waals surface area contributed by atoms with Gasteiger partial charge in [0.25, 0.3) is 5.91 Å². The smallest absolute Gasteiger partial charge is 0.280 e. The highest BCUT2D eigenvalue weighted by atomic mass is 16.3. The number of aromatic hydroxyl groups is 1. The summed E-state index contributed by atoms with van der Waals surface area (Å²) >= 11 is 0. The van der Waals surface area contributed by atoms with Gasteiger partial charge in [-0.3, -0.25) is 14.5 Å². The first-order valence-electron chi connectivity index (χ1n) is 5.51. The lowest BCUT2D eigenvalue weighted by molar-refractivity contribution is 0.101. The molecule has 94 valence electrons. The van der Waals surface area contributed by atoms with E-state index in [0.29, 0.717) is 5.65 Å². The molecule has 0 atom stereocenters. The van der Waals surface area contributed by atoms with E-state index in [0.717, 1.165) is 0 Å². The van der Waals surface area contributed by atoms with Crippen molar-refractivity contribution in [2.75, 3.05) is 5.32 Å². The molecule has 0 radical (unpaired) electrons. The lowest BCUT2D eigenvalue weighted by Gasteiger charge is -2.03. The number of hydrogen-bond donors (Lipinski definition) is 2. The van der Waals surface area contributed by atoms with Gasteiger partial charge in [0.2, 0.25) is 5.95 Å². The van der Waals surface area contributed by atoms with Crippen LogP contribution in [0.5, 0.6) is 5.75 Å². The molecular formula is C12H9N5O2. The van der Waals surface area contributed by atoms with E-state index in [9.17, 15) is 9.90 Å². The first-order valence-corrected chi connectivity index (χ1v) is 5.51. The molecule has 19 heavy (non-hydrogen) atoms. The second-order valence-electron chi connectivity index (χ2n) is 3.78. The number of amides is 1. The summed E-state index contributed by atoms with van der Waals surface area (Å²) < 4.78 is 1.62. The third-order valence-corrected chi connectivity index (χ3v) is 2.54. The Morgan fingerprint density at radius 2 is 2.11 bits per heavy atom. The molecule has 0 saturated carbocycles. The first kappa shape index (κ1) is 11.1. The minimum Gasteiger partial charge on any atom is -0.505 e. The van der Waals surface area contributed by atoms with Gasteiger partial charge in [0.1, 0.15) is 5.75 Å². The molecule has 0 aromatic carbocycles. The number of aromatic nitrogens is 4. The number of pyridine rings is 2. The van der Waals surface area contributed by atoms with Gasteiger partial charge in [-0.15, -0.1) is 10.2 Å². The number of fused-ring (bicyclic) bond motifs is 1. The zero-order valence-corrected chi connectivity index (χ0v) is 9.69. The van der Waals surface area contributed by atoms with Gasteiger partial charge in [-0.1, -0.05) is 6.07 Å². The molecule has 0 unspecified atom stereocenters. The van der Waals surface area contributed by atoms with Gasteiger partial charge in [-0.25, -0.2) is 4.98 Å². The molecular weight excluding hydrogens is 246 g/mol. The molecule has 3 heterocycles. The van der Waals surface area contributed by atoms with Gasteiger partial charge in [-0.2, -0.15) is 0 Å². The number of nitrogens with one attached hydrogen (secondary N) is 1. The normalized spacial score (nSPS) is 10.5. The van der Waals surface area contributed by atoms with Gasteiger partial charge in [0.15, 0.2) is 11.3 Å². The second kappa shape index (κ2) is 4.37. The summed E-state index contributed by atoms with van der Waals surface area (Å²) in [6.45, 7) is 0. The zero-order chi connectivity index (χ0) is 13.2. The molecule has 0 bridgehead atoms. The molecule has 3 aromatic rings. The number of anilines is 1. The van der Waals surface area contributed by atoms with Crippen molar-refractivity contribution >= 4 is 17.5 Å². The standard InChI is InChI=1S/C12H9N5O2/c18-8-4-3-6-13-10(8)11(19)14-12-16-15-9-5-1-2-7-17(9)12/h1-7,18H,(H,14,16,19). The van der Waals surface area contributed by atoms with Crippen molar-refractivity contribution in [1.82, 2.24) is 19.6 Å². The number of hydrogen-bond acceptors (Lipinski definition) is 5. The maximum Gasteiger partial charge on any atom is 0.280 e. The van der Waals surface area contributed by atoms with Crippen molar-refractivity contribution in [2.45, 2.75) is 0 Å². The molecule has 0 aliphatic carbocycles. The number of rotatable bonds is 2. The summed E-state index contributed by atoms with van der Waals surface area (Å²) in [6, 6.07) is 8.31. The highest BCUT2D eigenvalue weighted by molar-refractivity contribution is 6.03. The van der Waals surface area contributed by atoms with E-state index < -0.39 is 5.91 Å². The fraction of sp³-hybridized carbons (Fsp3) is 0. The maximum atomic E-state index is 12.0. The van der Waals surface area contributed by atoms with Gasteiger partial charge < -0.3 is 5.11 Å². The van der Waals surface area contributed by atoms with Crippen LogP contribution in [0.15, 0.2) is 42.7 Å². The van der Waals surface area contributed by atoms with Crippen molar-refractivity contribution in [1.29, 1.82) is 0 Å². The molecule has 1 amide bonds. The SMILES string of the molecule is O=C(Nc1nnc2ccccn12)c1ncccc1O. The molecule has 0 spiro atoms. The highest BCUT2D eigenvalue weighted by Crippen LogP contribution is 2.15. The Labute approximate surface area is 107 Å². The van der Waals surface area contributed by atoms with Crippen molar-refractivity contribution in [3.05, 3.63) is 48.4 Å². The third-order valence-electron chi connectivity index (χ3n) is 2.54. The van der Waals surface area contributed by atoms with Crippen molar-refractivity contribution in [2.24, 2.45) is 0 Å². The van der Waals surface area contributed by atoms with E-state index in [4.69, 9.17) is 0 Å². The van der Waals surface area contributed by atoms with Crippen LogP contribution >= 0.6 is 0 Å². The molecule has 7 heteroatoms. The van der Waals surface area contributed by atoms with E-state index in [-0.39, 0.29) is 17.4 Å². The second-order valence-corrected chi connectivity index (χ2v) is 3.78. The Balaban J connectivity index is 1.94. The Kier molecular flexibility index (Phi) is 2.57. The minimum atomic E-state index is -0.545. The fourth-order valence-electron chi connectivity index (χ4n) is 1.66. The van der Waals surface area contributed by atoms with Crippen LogP contribution in [0.25, 0.3) is 5.65 Å². The average Bonchev–Trinajstić information content (AvgIpc) is 2.83. The Bertz CT molecular complexity index is 752. The molecule has 2 N–H and O–H groups in total. The maximum absolute atomic E-state index is 12.0. The molecule has 0 fully saturated rings. The number of carbonyl (C=O) groups is 1. The minimum absolute atomic E-state index is 0.0600. The first-order chi connectivity index (χ1) is 9.25. The van der Waals surface area contributed by atoms with Crippen LogP contribution in [-0.2, 0) is 0 Å². The van der Waals surface area contributed by atoms with Crippen molar-refractivity contribution < 1.29 is 9.90 Å². The van der Waals surface area contributed by atoms with E-state index in [1.54, 1.807) is 28.8 Å². The molecule has 0 aliphatic heterocycles. The van der Waals surface area contributed by atoms with Crippen LogP contribution < -0.4 is 5.32 Å². The summed E-state index contributed by atoms with van der Waals surface area (Å²) in [5, 5.41) is 19.9. The average molecular weight is 255 g/mol. The Morgan fingerprint density at radius 1 is 1.21 bits per heavy atom. The van der Waals surface area contributed by atoms with E-state index >= 15 is 0 Å². The number of carbonyl (C=O) groups excluding carboxylic acids is 1. The van der Waals surface area contributed by atoms with E-state index in [1.165, 1.54) is 12.3 Å². The van der Waals surface area contributed by atoms with Gasteiger partial charge in [-0.05, 0) is 24.3 Å². The monoisotopic (exact) mass is 255 g/mol. The van der Waals surface area contributed by atoms with Crippen LogP contribution in [0.3, 0.4) is 0 Å². The van der Waals surface area contributed by atoms with Crippen molar-refractivity contribution in [3.63, 3.8) is 0 Å². The molecule has 3 rings (SSSR count). The van der Waals surface area contributed by atoms with E-state index in [1.807, 2.05) is 6.07 Å². The van der Waals surface area contributed by atoms with Crippen LogP contribution in [0.2, 0.25) is 0 Å². The van der Waals surface area contributed by atoms with Crippen LogP contribution in [-0.4, -0.2) is 30.6 Å². The molecule has 7 nitrogen and oxygen atoms in total. The summed E-state index contributed by atoms with van der Waals surface area (Å²) in [5.41, 5.74) is 0.554. The molecule has 0 saturated heterocycles. The third kappa shape index (κ3) is 1.97. The lowest BCUT2D eigenvalue weighted by atomic mass is 10.3. The predicted molar refractivity (Wildman–Crippen MR) is 66.8 cm³/mol.